The summed E-state index contributed by atoms with van der Waals surface area (Å²) >= 11 is 0. The smallest absolute Gasteiger partial charge is 0.325 e. The van der Waals surface area contributed by atoms with E-state index in [1.54, 1.807) is 7.11 Å². The maximum Gasteiger partial charge on any atom is 0.325 e. The molecule has 2 aliphatic heterocycles. The highest BCUT2D eigenvalue weighted by Crippen LogP contribution is 2.49. The van der Waals surface area contributed by atoms with Crippen LogP contribution in [0.2, 0.25) is 0 Å². The molecule has 5 atom stereocenters. The van der Waals surface area contributed by atoms with E-state index in [0.29, 0.717) is 13.2 Å². The van der Waals surface area contributed by atoms with Crippen molar-refractivity contribution in [2.45, 2.75) is 30.8 Å². The Kier molecular flexibility index (Phi) is 3.16. The van der Waals surface area contributed by atoms with Gasteiger partial charge in [0.2, 0.25) is 0 Å². The molecule has 0 saturated carbocycles. The minimum Gasteiger partial charge on any atom is -0.381 e. The lowest BCUT2D eigenvalue weighted by atomic mass is 10.00. The highest BCUT2D eigenvalue weighted by atomic mass is 31.2. The third-order valence-electron chi connectivity index (χ3n) is 2.92. The van der Waals surface area contributed by atoms with E-state index in [-0.39, 0.29) is 12.2 Å². The van der Waals surface area contributed by atoms with Crippen molar-refractivity contribution >= 4 is 7.60 Å². The minimum atomic E-state index is -3.56. The largest absolute Gasteiger partial charge is 0.381 e. The number of hydrogen-bond donors (Lipinski definition) is 1. The molecule has 0 aromatic rings. The summed E-state index contributed by atoms with van der Waals surface area (Å²) in [6.07, 6.45) is -0.987. The summed E-state index contributed by atoms with van der Waals surface area (Å²) in [4.78, 5) is 9.29. The van der Waals surface area contributed by atoms with Gasteiger partial charge in [0.15, 0.2) is 0 Å². The van der Waals surface area contributed by atoms with E-state index >= 15 is 0 Å². The number of methoxy groups -OCH3 is 1. The molecule has 2 fully saturated rings. The molecule has 2 saturated heterocycles. The van der Waals surface area contributed by atoms with Crippen molar-refractivity contribution in [1.82, 2.24) is 0 Å². The van der Waals surface area contributed by atoms with E-state index in [1.165, 1.54) is 0 Å². The molecule has 0 spiro atoms. The Hall–Kier alpha value is 0.0300. The van der Waals surface area contributed by atoms with E-state index in [1.807, 2.05) is 6.92 Å². The summed E-state index contributed by atoms with van der Waals surface area (Å²) in [5, 5.41) is 0. The van der Waals surface area contributed by atoms with Gasteiger partial charge >= 0.3 is 7.60 Å². The lowest BCUT2D eigenvalue weighted by molar-refractivity contribution is -0.158. The average Bonchev–Trinajstić information content (AvgIpc) is 2.54. The van der Waals surface area contributed by atoms with Crippen LogP contribution in [0.4, 0.5) is 0 Å². The molecular weight excluding hydrogens is 235 g/mol. The van der Waals surface area contributed by atoms with Crippen LogP contribution in [0.25, 0.3) is 0 Å². The summed E-state index contributed by atoms with van der Waals surface area (Å²) in [7, 11) is -2.01. The predicted octanol–water partition coefficient (Wildman–Crippen LogP) is 0.389. The number of hydrogen-bond acceptors (Lipinski definition) is 5. The van der Waals surface area contributed by atoms with Crippen LogP contribution in [0.3, 0.4) is 0 Å². The van der Waals surface area contributed by atoms with Crippen molar-refractivity contribution in [1.29, 1.82) is 0 Å². The molecule has 7 heteroatoms. The van der Waals surface area contributed by atoms with Gasteiger partial charge in [0.25, 0.3) is 0 Å². The van der Waals surface area contributed by atoms with Crippen LogP contribution in [0.15, 0.2) is 0 Å². The fourth-order valence-corrected chi connectivity index (χ4v) is 3.13. The molecule has 1 unspecified atom stereocenters. The molecule has 16 heavy (non-hydrogen) atoms. The molecular formula is C9H17O6P. The normalized spacial score (nSPS) is 45.9. The molecule has 2 rings (SSSR count). The first-order valence-electron chi connectivity index (χ1n) is 5.15. The summed E-state index contributed by atoms with van der Waals surface area (Å²) in [6.45, 7) is 3.64. The number of fused-ring (bicyclic) bond motifs is 2. The van der Waals surface area contributed by atoms with E-state index in [0.717, 1.165) is 6.66 Å². The molecule has 0 aromatic carbocycles. The topological polar surface area (TPSA) is 74.2 Å². The Labute approximate surface area is 94.4 Å². The first-order chi connectivity index (χ1) is 7.38. The van der Waals surface area contributed by atoms with Gasteiger partial charge in [-0.05, 0) is 6.92 Å². The fraction of sp³-hybridized carbons (Fsp3) is 1.00. The van der Waals surface area contributed by atoms with Gasteiger partial charge < -0.3 is 19.1 Å². The maximum absolute atomic E-state index is 11.3. The lowest BCUT2D eigenvalue weighted by Crippen LogP contribution is -2.45. The first kappa shape index (κ1) is 12.5. The zero-order chi connectivity index (χ0) is 12.0. The molecule has 0 aromatic heterocycles. The molecule has 0 aliphatic carbocycles. The first-order valence-corrected chi connectivity index (χ1v) is 7.17. The standard InChI is InChI=1S/C9H17O6P/c1-6-7-8(15-16(3,10)11)9(14-6,4-12-2)5-13-7/h6-8H,4-5H2,1-3H3,(H,10,11)/t6-,7+,8+,9-/m0/s1. The van der Waals surface area contributed by atoms with E-state index in [4.69, 9.17) is 18.7 Å². The molecule has 0 radical (unpaired) electrons. The van der Waals surface area contributed by atoms with Gasteiger partial charge in [0.05, 0.1) is 19.3 Å². The fourth-order valence-electron chi connectivity index (χ4n) is 2.40. The van der Waals surface area contributed by atoms with Crippen LogP contribution < -0.4 is 0 Å². The van der Waals surface area contributed by atoms with Gasteiger partial charge in [-0.25, -0.2) is 0 Å². The SMILES string of the molecule is COC[C@@]12CO[C@H]([C@H](C)O1)[C@H]2OP(C)(=O)O. The lowest BCUT2D eigenvalue weighted by Gasteiger charge is -2.29. The average molecular weight is 252 g/mol. The molecule has 0 amide bonds. The van der Waals surface area contributed by atoms with Gasteiger partial charge in [-0.2, -0.15) is 0 Å². The van der Waals surface area contributed by atoms with Gasteiger partial charge in [-0.15, -0.1) is 0 Å². The van der Waals surface area contributed by atoms with Crippen molar-refractivity contribution in [2.75, 3.05) is 27.0 Å². The van der Waals surface area contributed by atoms with Crippen LogP contribution in [0, 0.1) is 0 Å². The quantitative estimate of drug-likeness (QED) is 0.729. The molecule has 6 nitrogen and oxygen atoms in total. The Bertz CT molecular complexity index is 315. The van der Waals surface area contributed by atoms with Gasteiger partial charge in [-0.1, -0.05) is 0 Å². The molecule has 2 heterocycles. The molecule has 2 aliphatic rings. The van der Waals surface area contributed by atoms with E-state index in [2.05, 4.69) is 0 Å². The summed E-state index contributed by atoms with van der Waals surface area (Å²) in [5.41, 5.74) is -0.743. The van der Waals surface area contributed by atoms with Crippen molar-refractivity contribution in [3.63, 3.8) is 0 Å². The molecule has 2 bridgehead atoms. The van der Waals surface area contributed by atoms with Gasteiger partial charge in [0.1, 0.15) is 17.8 Å². The van der Waals surface area contributed by atoms with Crippen LogP contribution in [0.5, 0.6) is 0 Å². The van der Waals surface area contributed by atoms with Gasteiger partial charge in [0, 0.05) is 13.8 Å². The summed E-state index contributed by atoms with van der Waals surface area (Å²) < 4.78 is 32.9. The van der Waals surface area contributed by atoms with Crippen molar-refractivity contribution < 1.29 is 28.2 Å². The second-order valence-corrected chi connectivity index (χ2v) is 6.24. The van der Waals surface area contributed by atoms with Crippen LogP contribution in [-0.4, -0.2) is 55.8 Å². The monoisotopic (exact) mass is 252 g/mol. The second kappa shape index (κ2) is 4.05. The molecule has 94 valence electrons. The zero-order valence-corrected chi connectivity index (χ0v) is 10.5. The highest BCUT2D eigenvalue weighted by molar-refractivity contribution is 7.51. The van der Waals surface area contributed by atoms with Crippen LogP contribution >= 0.6 is 7.60 Å². The Morgan fingerprint density at radius 1 is 1.62 bits per heavy atom. The third kappa shape index (κ3) is 2.06. The van der Waals surface area contributed by atoms with E-state index < -0.39 is 19.3 Å². The van der Waals surface area contributed by atoms with Crippen LogP contribution in [0.1, 0.15) is 6.92 Å². The van der Waals surface area contributed by atoms with Crippen LogP contribution in [-0.2, 0) is 23.3 Å². The highest BCUT2D eigenvalue weighted by Gasteiger charge is 2.62. The predicted molar refractivity (Wildman–Crippen MR) is 55.5 cm³/mol. The Morgan fingerprint density at radius 3 is 2.81 bits per heavy atom. The van der Waals surface area contributed by atoms with E-state index in [9.17, 15) is 9.46 Å². The summed E-state index contributed by atoms with van der Waals surface area (Å²) in [5.74, 6) is 0. The second-order valence-electron chi connectivity index (χ2n) is 4.43. The Balaban J connectivity index is 2.19. The van der Waals surface area contributed by atoms with Gasteiger partial charge in [-0.3, -0.25) is 9.09 Å². The minimum absolute atomic E-state index is 0.152. The zero-order valence-electron chi connectivity index (χ0n) is 9.58. The molecule has 1 N–H and O–H groups in total. The Morgan fingerprint density at radius 2 is 2.31 bits per heavy atom. The van der Waals surface area contributed by atoms with Crippen molar-refractivity contribution in [3.05, 3.63) is 0 Å². The summed E-state index contributed by atoms with van der Waals surface area (Å²) in [6, 6.07) is 0. The maximum atomic E-state index is 11.3. The number of rotatable bonds is 4. The van der Waals surface area contributed by atoms with Crippen molar-refractivity contribution in [3.8, 4) is 0 Å². The third-order valence-corrected chi connectivity index (χ3v) is 3.54. The van der Waals surface area contributed by atoms with Crippen molar-refractivity contribution in [2.24, 2.45) is 0 Å². The number of ether oxygens (including phenoxy) is 3.